The van der Waals surface area contributed by atoms with Gasteiger partial charge in [-0.25, -0.2) is 0 Å². The van der Waals surface area contributed by atoms with E-state index in [9.17, 15) is 0 Å². The second kappa shape index (κ2) is 14.5. The highest BCUT2D eigenvalue weighted by Gasteiger charge is 2.49. The quantitative estimate of drug-likeness (QED) is 0.167. The number of fused-ring (bicyclic) bond motifs is 9. The summed E-state index contributed by atoms with van der Waals surface area (Å²) in [6.07, 6.45) is 0. The van der Waals surface area contributed by atoms with Crippen LogP contribution < -0.4 is 4.90 Å². The second-order valence-corrected chi connectivity index (χ2v) is 23.1. The van der Waals surface area contributed by atoms with Crippen molar-refractivity contribution in [1.29, 1.82) is 0 Å². The van der Waals surface area contributed by atoms with E-state index in [4.69, 9.17) is 0 Å². The molecule has 334 valence electrons. The van der Waals surface area contributed by atoms with Gasteiger partial charge < -0.3 is 4.90 Å². The molecule has 3 aliphatic rings. The van der Waals surface area contributed by atoms with Crippen LogP contribution in [0, 0.1) is 0 Å². The fourth-order valence-corrected chi connectivity index (χ4v) is 12.3. The summed E-state index contributed by atoms with van der Waals surface area (Å²) in [6, 6.07) is 67.2. The van der Waals surface area contributed by atoms with Crippen LogP contribution in [0.1, 0.15) is 116 Å². The van der Waals surface area contributed by atoms with E-state index in [0.29, 0.717) is 0 Å². The molecule has 3 aliphatic carbocycles. The normalized spacial score (nSPS) is 18.0. The fourth-order valence-electron chi connectivity index (χ4n) is 12.3. The van der Waals surface area contributed by atoms with Crippen molar-refractivity contribution in [3.05, 3.63) is 209 Å². The maximum Gasteiger partial charge on any atom is 0.0468 e. The minimum absolute atomic E-state index is 0.0397. The molecule has 67 heavy (non-hydrogen) atoms. The first-order chi connectivity index (χ1) is 31.8. The summed E-state index contributed by atoms with van der Waals surface area (Å²) in [6.45, 7) is 29.2. The Morgan fingerprint density at radius 1 is 0.224 bits per heavy atom. The van der Waals surface area contributed by atoms with Crippen LogP contribution in [-0.4, -0.2) is 0 Å². The van der Waals surface area contributed by atoms with Crippen molar-refractivity contribution >= 4 is 17.1 Å². The number of hydrogen-bond donors (Lipinski definition) is 0. The van der Waals surface area contributed by atoms with Gasteiger partial charge in [-0.1, -0.05) is 210 Å². The Kier molecular flexibility index (Phi) is 9.36. The van der Waals surface area contributed by atoms with Gasteiger partial charge in [-0.2, -0.15) is 0 Å². The van der Waals surface area contributed by atoms with Gasteiger partial charge in [-0.05, 0) is 170 Å². The molecule has 8 aromatic rings. The summed E-state index contributed by atoms with van der Waals surface area (Å²) in [7, 11) is 0. The molecule has 0 aromatic heterocycles. The second-order valence-electron chi connectivity index (χ2n) is 23.1. The molecule has 0 heterocycles. The maximum absolute atomic E-state index is 2.55. The zero-order chi connectivity index (χ0) is 47.1. The van der Waals surface area contributed by atoms with Crippen molar-refractivity contribution in [1.82, 2.24) is 0 Å². The summed E-state index contributed by atoms with van der Waals surface area (Å²) in [5.41, 5.74) is 24.2. The Hall–Kier alpha value is -6.44. The summed E-state index contributed by atoms with van der Waals surface area (Å²) in [5, 5.41) is 0. The first-order valence-electron chi connectivity index (χ1n) is 24.5. The van der Waals surface area contributed by atoms with Crippen LogP contribution in [0.2, 0.25) is 0 Å². The molecule has 0 N–H and O–H groups in total. The highest BCUT2D eigenvalue weighted by atomic mass is 15.1. The van der Waals surface area contributed by atoms with Crippen LogP contribution in [-0.2, 0) is 32.5 Å². The van der Waals surface area contributed by atoms with E-state index in [1.54, 1.807) is 0 Å². The number of anilines is 3. The predicted molar refractivity (Wildman–Crippen MR) is 286 cm³/mol. The Morgan fingerprint density at radius 2 is 0.567 bits per heavy atom. The summed E-state index contributed by atoms with van der Waals surface area (Å²) < 4.78 is 0. The molecule has 0 radical (unpaired) electrons. The van der Waals surface area contributed by atoms with Gasteiger partial charge in [0, 0.05) is 17.1 Å². The first-order valence-corrected chi connectivity index (χ1v) is 24.5. The van der Waals surface area contributed by atoms with Crippen LogP contribution in [0.15, 0.2) is 176 Å². The van der Waals surface area contributed by atoms with Gasteiger partial charge in [0.2, 0.25) is 0 Å². The van der Waals surface area contributed by atoms with E-state index in [0.717, 1.165) is 0 Å². The van der Waals surface area contributed by atoms with E-state index >= 15 is 0 Å². The Morgan fingerprint density at radius 3 is 1.09 bits per heavy atom. The highest BCUT2D eigenvalue weighted by molar-refractivity contribution is 5.90. The van der Waals surface area contributed by atoms with Gasteiger partial charge in [-0.3, -0.25) is 0 Å². The average molecular weight is 872 g/mol. The van der Waals surface area contributed by atoms with Crippen molar-refractivity contribution in [3.8, 4) is 55.6 Å². The molecule has 0 amide bonds. The van der Waals surface area contributed by atoms with Gasteiger partial charge in [0.05, 0.1) is 0 Å². The molecule has 8 aromatic carbocycles. The van der Waals surface area contributed by atoms with Crippen molar-refractivity contribution in [2.45, 2.75) is 116 Å². The zero-order valence-corrected chi connectivity index (χ0v) is 41.7. The summed E-state index contributed by atoms with van der Waals surface area (Å²) >= 11 is 0. The van der Waals surface area contributed by atoms with E-state index in [2.05, 4.69) is 264 Å². The standard InChI is InChI=1S/C66H65N/c1-61(2)55-27-18-16-25-49(55)53-39-46(31-35-58(53)63(61,5)6)67(47-32-36-59-54(40-47)50-26-17-19-28-56(50)62(3,4)64(59,7)8)48-30-33-51-52-38-45(29-34-57(52)65(9,10)66(11,12)60(51)41-48)44-24-20-23-43(37-44)42-21-14-13-15-22-42/h13-41H,1-12H3. The van der Waals surface area contributed by atoms with Crippen molar-refractivity contribution in [3.63, 3.8) is 0 Å². The van der Waals surface area contributed by atoms with Crippen LogP contribution in [0.4, 0.5) is 17.1 Å². The lowest BCUT2D eigenvalue weighted by Crippen LogP contribution is -2.43. The third-order valence-corrected chi connectivity index (χ3v) is 18.6. The molecule has 11 rings (SSSR count). The monoisotopic (exact) mass is 872 g/mol. The zero-order valence-electron chi connectivity index (χ0n) is 41.7. The largest absolute Gasteiger partial charge is 0.310 e. The molecule has 0 saturated carbocycles. The van der Waals surface area contributed by atoms with E-state index in [-0.39, 0.29) is 32.5 Å². The van der Waals surface area contributed by atoms with Crippen LogP contribution >= 0.6 is 0 Å². The lowest BCUT2D eigenvalue weighted by Gasteiger charge is -2.49. The smallest absolute Gasteiger partial charge is 0.0468 e. The lowest BCUT2D eigenvalue weighted by atomic mass is 9.55. The molecule has 0 spiro atoms. The number of hydrogen-bond acceptors (Lipinski definition) is 1. The van der Waals surface area contributed by atoms with Gasteiger partial charge in [0.1, 0.15) is 0 Å². The van der Waals surface area contributed by atoms with Gasteiger partial charge >= 0.3 is 0 Å². The SMILES string of the molecule is CC1(C)c2ccccc2-c2cc(N(c3ccc4c(c3)-c3ccccc3C(C)(C)C4(C)C)c3ccc4c(c3)C(C)(C)C(C)(C)c3ccc(-c5cccc(-c6ccccc6)c5)cc3-4)ccc2C1(C)C. The van der Waals surface area contributed by atoms with E-state index < -0.39 is 0 Å². The van der Waals surface area contributed by atoms with Gasteiger partial charge in [0.25, 0.3) is 0 Å². The molecule has 1 heteroatoms. The van der Waals surface area contributed by atoms with E-state index in [1.807, 2.05) is 0 Å². The Bertz CT molecular complexity index is 3180. The summed E-state index contributed by atoms with van der Waals surface area (Å²) in [5.74, 6) is 0. The molecule has 0 aliphatic heterocycles. The van der Waals surface area contributed by atoms with Crippen molar-refractivity contribution < 1.29 is 0 Å². The molecule has 0 unspecified atom stereocenters. The predicted octanol–water partition coefficient (Wildman–Crippen LogP) is 18.2. The molecule has 0 fully saturated rings. The van der Waals surface area contributed by atoms with E-state index in [1.165, 1.54) is 106 Å². The topological polar surface area (TPSA) is 3.24 Å². The van der Waals surface area contributed by atoms with Crippen LogP contribution in [0.25, 0.3) is 55.6 Å². The number of rotatable bonds is 5. The maximum atomic E-state index is 2.55. The minimum atomic E-state index is -0.180. The van der Waals surface area contributed by atoms with Gasteiger partial charge in [-0.15, -0.1) is 0 Å². The molecular weight excluding hydrogens is 807 g/mol. The van der Waals surface area contributed by atoms with Crippen molar-refractivity contribution in [2.24, 2.45) is 0 Å². The van der Waals surface area contributed by atoms with Crippen molar-refractivity contribution in [2.75, 3.05) is 4.90 Å². The third kappa shape index (κ3) is 6.05. The molecule has 1 nitrogen and oxygen atoms in total. The Balaban J connectivity index is 1.12. The molecule has 0 atom stereocenters. The van der Waals surface area contributed by atoms with Gasteiger partial charge in [0.15, 0.2) is 0 Å². The average Bonchev–Trinajstić information content (AvgIpc) is 3.33. The third-order valence-electron chi connectivity index (χ3n) is 18.6. The van der Waals surface area contributed by atoms with Crippen LogP contribution in [0.3, 0.4) is 0 Å². The molecular formula is C66H65N. The van der Waals surface area contributed by atoms with Crippen LogP contribution in [0.5, 0.6) is 0 Å². The summed E-state index contributed by atoms with van der Waals surface area (Å²) in [4.78, 5) is 2.55. The highest BCUT2D eigenvalue weighted by Crippen LogP contribution is 2.59. The molecule has 0 bridgehead atoms. The number of nitrogens with zero attached hydrogens (tertiary/aromatic N) is 1. The molecule has 0 saturated heterocycles. The number of benzene rings is 8. The minimum Gasteiger partial charge on any atom is -0.310 e. The lowest BCUT2D eigenvalue weighted by molar-refractivity contribution is 0.299. The Labute approximate surface area is 400 Å². The fraction of sp³-hybridized carbons (Fsp3) is 0.273. The first kappa shape index (κ1) is 43.1.